The summed E-state index contributed by atoms with van der Waals surface area (Å²) in [7, 11) is 3.88. The highest BCUT2D eigenvalue weighted by molar-refractivity contribution is 14.1. The van der Waals surface area contributed by atoms with Crippen LogP contribution in [0.15, 0.2) is 29.0 Å². The first-order valence-corrected chi connectivity index (χ1v) is 7.44. The van der Waals surface area contributed by atoms with Crippen molar-refractivity contribution in [1.29, 1.82) is 0 Å². The minimum atomic E-state index is 0.219. The van der Waals surface area contributed by atoms with Gasteiger partial charge in [-0.2, -0.15) is 5.10 Å². The summed E-state index contributed by atoms with van der Waals surface area (Å²) in [4.78, 5) is 4.28. The van der Waals surface area contributed by atoms with Crippen LogP contribution in [0.3, 0.4) is 0 Å². The lowest BCUT2D eigenvalue weighted by Crippen LogP contribution is -2.21. The van der Waals surface area contributed by atoms with Crippen LogP contribution in [-0.4, -0.2) is 21.8 Å². The number of hydrogen-bond acceptors (Lipinski definition) is 3. The van der Waals surface area contributed by atoms with E-state index < -0.39 is 0 Å². The van der Waals surface area contributed by atoms with E-state index in [4.69, 9.17) is 0 Å². The molecule has 1 aromatic heterocycles. The quantitative estimate of drug-likeness (QED) is 0.773. The van der Waals surface area contributed by atoms with Gasteiger partial charge in [-0.1, -0.05) is 15.9 Å². The number of benzene rings is 1. The molecular formula is C12H14BrIN4. The van der Waals surface area contributed by atoms with E-state index in [0.29, 0.717) is 0 Å². The van der Waals surface area contributed by atoms with Gasteiger partial charge in [-0.15, -0.1) is 0 Å². The van der Waals surface area contributed by atoms with Crippen molar-refractivity contribution in [2.75, 3.05) is 7.05 Å². The summed E-state index contributed by atoms with van der Waals surface area (Å²) in [5.41, 5.74) is 1.24. The highest BCUT2D eigenvalue weighted by Gasteiger charge is 2.16. The van der Waals surface area contributed by atoms with Gasteiger partial charge in [-0.3, -0.25) is 4.68 Å². The van der Waals surface area contributed by atoms with Crippen molar-refractivity contribution in [3.8, 4) is 0 Å². The Hall–Kier alpha value is -0.470. The van der Waals surface area contributed by atoms with E-state index in [2.05, 4.69) is 72.1 Å². The SMILES string of the molecule is CNC(Cc1ncnn1C)c1cc(I)ccc1Br. The second-order valence-corrected chi connectivity index (χ2v) is 6.11. The Bertz CT molecular complexity index is 541. The first-order chi connectivity index (χ1) is 8.61. The zero-order chi connectivity index (χ0) is 13.1. The lowest BCUT2D eigenvalue weighted by Gasteiger charge is -2.18. The molecule has 1 atom stereocenters. The number of nitrogens with one attached hydrogen (secondary N) is 1. The number of hydrogen-bond donors (Lipinski definition) is 1. The van der Waals surface area contributed by atoms with Gasteiger partial charge in [-0.25, -0.2) is 4.98 Å². The van der Waals surface area contributed by atoms with Gasteiger partial charge in [-0.05, 0) is 53.4 Å². The Morgan fingerprint density at radius 3 is 2.89 bits per heavy atom. The van der Waals surface area contributed by atoms with Gasteiger partial charge in [0.05, 0.1) is 0 Å². The predicted octanol–water partition coefficient (Wildman–Crippen LogP) is 2.69. The van der Waals surface area contributed by atoms with Crippen LogP contribution in [0.25, 0.3) is 0 Å². The molecule has 0 bridgehead atoms. The lowest BCUT2D eigenvalue weighted by atomic mass is 10.0. The normalized spacial score (nSPS) is 12.7. The monoisotopic (exact) mass is 420 g/mol. The second-order valence-electron chi connectivity index (χ2n) is 4.01. The van der Waals surface area contributed by atoms with Gasteiger partial charge >= 0.3 is 0 Å². The molecule has 0 aliphatic carbocycles. The number of aryl methyl sites for hydroxylation is 1. The first kappa shape index (κ1) is 14.0. The Balaban J connectivity index is 2.28. The van der Waals surface area contributed by atoms with Crippen LogP contribution in [0.1, 0.15) is 17.4 Å². The number of likely N-dealkylation sites (N-methyl/N-ethyl adjacent to an activating group) is 1. The van der Waals surface area contributed by atoms with Gasteiger partial charge in [0.25, 0.3) is 0 Å². The highest BCUT2D eigenvalue weighted by atomic mass is 127. The second kappa shape index (κ2) is 6.12. The van der Waals surface area contributed by atoms with Crippen molar-refractivity contribution in [3.63, 3.8) is 0 Å². The molecule has 2 aromatic rings. The van der Waals surface area contributed by atoms with Gasteiger partial charge in [0, 0.05) is 27.6 Å². The molecule has 0 aliphatic rings. The van der Waals surface area contributed by atoms with Crippen molar-refractivity contribution >= 4 is 38.5 Å². The minimum Gasteiger partial charge on any atom is -0.313 e. The van der Waals surface area contributed by atoms with Crippen LogP contribution < -0.4 is 5.32 Å². The third kappa shape index (κ3) is 3.10. The first-order valence-electron chi connectivity index (χ1n) is 5.57. The van der Waals surface area contributed by atoms with Crippen LogP contribution in [0, 0.1) is 3.57 Å². The molecule has 2 rings (SSSR count). The van der Waals surface area contributed by atoms with Crippen LogP contribution in [-0.2, 0) is 13.5 Å². The third-order valence-electron chi connectivity index (χ3n) is 2.87. The zero-order valence-electron chi connectivity index (χ0n) is 10.2. The van der Waals surface area contributed by atoms with Crippen molar-refractivity contribution in [2.24, 2.45) is 7.05 Å². The fraction of sp³-hybridized carbons (Fsp3) is 0.333. The van der Waals surface area contributed by atoms with E-state index >= 15 is 0 Å². The molecule has 1 aromatic carbocycles. The molecular weight excluding hydrogens is 407 g/mol. The van der Waals surface area contributed by atoms with Crippen LogP contribution in [0.4, 0.5) is 0 Å². The molecule has 0 saturated carbocycles. The van der Waals surface area contributed by atoms with E-state index in [1.165, 1.54) is 9.13 Å². The predicted molar refractivity (Wildman–Crippen MR) is 83.4 cm³/mol. The molecule has 1 unspecified atom stereocenters. The summed E-state index contributed by atoms with van der Waals surface area (Å²) in [5.74, 6) is 0.972. The Morgan fingerprint density at radius 1 is 1.50 bits per heavy atom. The molecule has 0 aliphatic heterocycles. The molecule has 0 saturated heterocycles. The Morgan fingerprint density at radius 2 is 2.28 bits per heavy atom. The largest absolute Gasteiger partial charge is 0.313 e. The molecule has 96 valence electrons. The maximum atomic E-state index is 4.28. The fourth-order valence-corrected chi connectivity index (χ4v) is 2.87. The molecule has 0 fully saturated rings. The summed E-state index contributed by atoms with van der Waals surface area (Å²) in [6, 6.07) is 6.57. The molecule has 1 heterocycles. The lowest BCUT2D eigenvalue weighted by molar-refractivity contribution is 0.551. The van der Waals surface area contributed by atoms with E-state index in [1.54, 1.807) is 6.33 Å². The number of halogens is 2. The molecule has 0 spiro atoms. The topological polar surface area (TPSA) is 42.7 Å². The maximum Gasteiger partial charge on any atom is 0.138 e. The molecule has 0 radical (unpaired) electrons. The van der Waals surface area contributed by atoms with Crippen LogP contribution in [0.2, 0.25) is 0 Å². The van der Waals surface area contributed by atoms with Crippen LogP contribution >= 0.6 is 38.5 Å². The van der Waals surface area contributed by atoms with Gasteiger partial charge in [0.1, 0.15) is 12.2 Å². The fourth-order valence-electron chi connectivity index (χ4n) is 1.84. The van der Waals surface area contributed by atoms with Crippen molar-refractivity contribution in [3.05, 3.63) is 44.0 Å². The minimum absolute atomic E-state index is 0.219. The molecule has 6 heteroatoms. The summed E-state index contributed by atoms with van der Waals surface area (Å²) in [6.07, 6.45) is 2.40. The average molecular weight is 421 g/mol. The number of rotatable bonds is 4. The zero-order valence-corrected chi connectivity index (χ0v) is 13.9. The Labute approximate surface area is 128 Å². The van der Waals surface area contributed by atoms with Gasteiger partial charge in [0.2, 0.25) is 0 Å². The summed E-state index contributed by atoms with van der Waals surface area (Å²) in [5, 5.41) is 7.44. The van der Waals surface area contributed by atoms with Gasteiger partial charge in [0.15, 0.2) is 0 Å². The summed E-state index contributed by atoms with van der Waals surface area (Å²) < 4.78 is 4.15. The molecule has 0 amide bonds. The van der Waals surface area contributed by atoms with E-state index in [0.717, 1.165) is 16.7 Å². The molecule has 18 heavy (non-hydrogen) atoms. The van der Waals surface area contributed by atoms with Crippen LogP contribution in [0.5, 0.6) is 0 Å². The van der Waals surface area contributed by atoms with Crippen molar-refractivity contribution < 1.29 is 0 Å². The van der Waals surface area contributed by atoms with E-state index in [9.17, 15) is 0 Å². The van der Waals surface area contributed by atoms with Crippen molar-refractivity contribution in [2.45, 2.75) is 12.5 Å². The number of nitrogens with zero attached hydrogens (tertiary/aromatic N) is 3. The van der Waals surface area contributed by atoms with E-state index in [-0.39, 0.29) is 6.04 Å². The smallest absolute Gasteiger partial charge is 0.138 e. The standard InChI is InChI=1S/C12H14BrIN4/c1-15-11(6-12-16-7-17-18(12)2)9-5-8(14)3-4-10(9)13/h3-5,7,11,15H,6H2,1-2H3. The number of aromatic nitrogens is 3. The molecule has 4 nitrogen and oxygen atoms in total. The Kier molecular flexibility index (Phi) is 4.74. The van der Waals surface area contributed by atoms with E-state index in [1.807, 2.05) is 18.8 Å². The summed E-state index contributed by atoms with van der Waals surface area (Å²) in [6.45, 7) is 0. The molecule has 1 N–H and O–H groups in total. The van der Waals surface area contributed by atoms with Gasteiger partial charge < -0.3 is 5.32 Å². The summed E-state index contributed by atoms with van der Waals surface area (Å²) >= 11 is 5.93. The highest BCUT2D eigenvalue weighted by Crippen LogP contribution is 2.27. The third-order valence-corrected chi connectivity index (χ3v) is 4.27. The average Bonchev–Trinajstić information content (AvgIpc) is 2.75. The van der Waals surface area contributed by atoms with Crippen molar-refractivity contribution in [1.82, 2.24) is 20.1 Å². The maximum absolute atomic E-state index is 4.28.